The molecule has 8 aromatic rings. The fourth-order valence-electron chi connectivity index (χ4n) is 12.6. The van der Waals surface area contributed by atoms with Crippen molar-refractivity contribution in [1.82, 2.24) is 4.58 Å². The van der Waals surface area contributed by atoms with Crippen molar-refractivity contribution in [2.75, 3.05) is 28.6 Å². The summed E-state index contributed by atoms with van der Waals surface area (Å²) in [6.45, 7) is 24.8. The summed E-state index contributed by atoms with van der Waals surface area (Å²) in [7, 11) is -9.51. The third-order valence-electron chi connectivity index (χ3n) is 16.9. The lowest BCUT2D eigenvalue weighted by molar-refractivity contribution is -0.403. The van der Waals surface area contributed by atoms with Gasteiger partial charge < -0.3 is 28.2 Å². The van der Waals surface area contributed by atoms with Crippen LogP contribution in [-0.2, 0) is 20.2 Å². The number of fused-ring (bicyclic) bond motifs is 4. The number of hydrogen-bond acceptors (Lipinski definition) is 10. The van der Waals surface area contributed by atoms with E-state index >= 15 is 0 Å². The van der Waals surface area contributed by atoms with E-state index in [0.717, 1.165) is 109 Å². The van der Waals surface area contributed by atoms with Gasteiger partial charge in [0.15, 0.2) is 0 Å². The first-order valence-electron chi connectivity index (χ1n) is 31.7. The number of halogens is 1. The maximum atomic E-state index is 12.6. The Morgan fingerprint density at radius 3 is 1.49 bits per heavy atom. The first kappa shape index (κ1) is 67.9. The molecule has 0 fully saturated rings. The van der Waals surface area contributed by atoms with Crippen LogP contribution in [-0.4, -0.2) is 44.4 Å². The molecule has 2 aliphatic heterocycles. The van der Waals surface area contributed by atoms with Gasteiger partial charge in [0.1, 0.15) is 49.5 Å². The Morgan fingerprint density at radius 2 is 0.968 bits per heavy atom. The second-order valence-electron chi connectivity index (χ2n) is 23.9. The van der Waals surface area contributed by atoms with Crippen molar-refractivity contribution in [2.45, 2.75) is 105 Å². The molecule has 0 aromatic heterocycles. The van der Waals surface area contributed by atoms with E-state index in [1.807, 2.05) is 72.8 Å². The molecule has 15 heteroatoms. The molecule has 4 aliphatic rings. The Kier molecular flexibility index (Phi) is 21.0. The summed E-state index contributed by atoms with van der Waals surface area (Å²) < 4.78 is 90.4. The van der Waals surface area contributed by atoms with Crippen molar-refractivity contribution in [3.63, 3.8) is 0 Å². The van der Waals surface area contributed by atoms with Crippen LogP contribution in [0.25, 0.3) is 66.8 Å². The Bertz CT molecular complexity index is 5050. The highest BCUT2D eigenvalue weighted by Crippen LogP contribution is 2.46. The lowest BCUT2D eigenvalue weighted by atomic mass is 9.93. The van der Waals surface area contributed by atoms with Crippen molar-refractivity contribution in [2.24, 2.45) is 0 Å². The summed E-state index contributed by atoms with van der Waals surface area (Å²) in [5.41, 5.74) is 19.9. The van der Waals surface area contributed by atoms with Gasteiger partial charge in [-0.1, -0.05) is 146 Å². The normalized spacial score (nSPS) is 12.2. The van der Waals surface area contributed by atoms with Crippen molar-refractivity contribution < 1.29 is 39.8 Å². The minimum Gasteiger partial charge on any atom is -0.744 e. The van der Waals surface area contributed by atoms with Gasteiger partial charge >= 0.3 is 0 Å². The lowest BCUT2D eigenvalue weighted by Crippen LogP contribution is -2.71. The number of rotatable bonds is 15. The number of aryl methyl sites for hydroxylation is 8. The highest BCUT2D eigenvalue weighted by Gasteiger charge is 2.26. The fourth-order valence-corrected chi connectivity index (χ4v) is 13.9. The van der Waals surface area contributed by atoms with E-state index in [1.54, 1.807) is 36.4 Å². The first-order valence-corrected chi connectivity index (χ1v) is 35.7. The number of benzene rings is 10. The number of alkyl halides is 1. The van der Waals surface area contributed by atoms with E-state index in [9.17, 15) is 25.9 Å². The van der Waals surface area contributed by atoms with Crippen LogP contribution in [0.2, 0.25) is 0 Å². The largest absolute Gasteiger partial charge is 0.744 e. The molecule has 8 aromatic carbocycles. The summed E-state index contributed by atoms with van der Waals surface area (Å²) in [5, 5.41) is 7.87. The zero-order chi connectivity index (χ0) is 67.2. The molecular formula is C79H79BrN4O8S2. The molecule has 12 nitrogen and oxygen atoms in total. The van der Waals surface area contributed by atoms with Crippen LogP contribution in [0.15, 0.2) is 213 Å². The maximum Gasteiger partial charge on any atom is 0.211 e. The van der Waals surface area contributed by atoms with Gasteiger partial charge in [0.05, 0.1) is 21.9 Å². The summed E-state index contributed by atoms with van der Waals surface area (Å²) in [6.07, 6.45) is 3.12. The zero-order valence-electron chi connectivity index (χ0n) is 55.1. The van der Waals surface area contributed by atoms with E-state index in [4.69, 9.17) is 8.83 Å². The van der Waals surface area contributed by atoms with Gasteiger partial charge in [-0.15, -0.1) is 0 Å². The van der Waals surface area contributed by atoms with Crippen LogP contribution in [0.4, 0.5) is 34.1 Å². The molecule has 2 heterocycles. The number of hydrogen-bond donors (Lipinski definition) is 2. The molecule has 0 atom stereocenters. The summed E-state index contributed by atoms with van der Waals surface area (Å²) in [4.78, 5) is 5.31. The summed E-state index contributed by atoms with van der Waals surface area (Å²) in [5.74, 6) is 1.16. The topological polar surface area (TPSA) is 173 Å². The predicted molar refractivity (Wildman–Crippen MR) is 385 cm³/mol. The predicted octanol–water partition coefficient (Wildman–Crippen LogP) is 17.6. The van der Waals surface area contributed by atoms with E-state index in [1.165, 1.54) is 40.8 Å². The van der Waals surface area contributed by atoms with Crippen molar-refractivity contribution in [3.05, 3.63) is 249 Å². The number of nitrogens with one attached hydrogen (secondary N) is 2. The molecule has 12 rings (SSSR count). The quantitative estimate of drug-likeness (QED) is 0.0435. The second-order valence-corrected chi connectivity index (χ2v) is 27.4. The summed E-state index contributed by atoms with van der Waals surface area (Å²) in [6, 6.07) is 61.3. The number of nitrogens with zero attached hydrogens (tertiary/aromatic N) is 2. The van der Waals surface area contributed by atoms with Crippen LogP contribution in [0.5, 0.6) is 0 Å². The minimum atomic E-state index is -4.77. The first-order chi connectivity index (χ1) is 45.0. The van der Waals surface area contributed by atoms with Crippen molar-refractivity contribution >= 4 is 92.2 Å². The molecule has 0 radical (unpaired) electrons. The highest BCUT2D eigenvalue weighted by molar-refractivity contribution is 9.09. The van der Waals surface area contributed by atoms with Crippen molar-refractivity contribution in [1.29, 1.82) is 0 Å². The molecule has 0 amide bonds. The zero-order valence-corrected chi connectivity index (χ0v) is 58.3. The number of para-hydroxylation sites is 4. The SMILES string of the molecule is CCCBr.CCCN(c1ccc2c(-c3ccccc3S(=O)(=O)[O-])c3ccc(=[N+](CCC)c4c(C)cccc4C)cc-3oc2c1)c1c(C)cccc1C.Cc1cccc(C)c1Nc1ccc2c(-c3ccccc3S(=O)(=O)[O-])c3ccc(=[NH+]c4c(C)cccc4C)cc-3oc2c1. The molecular weight excluding hydrogens is 1280 g/mol. The fraction of sp³-hybridized carbons (Fsp3) is 0.215. The molecule has 0 saturated heterocycles. The van der Waals surface area contributed by atoms with Crippen LogP contribution < -0.4 is 30.5 Å². The van der Waals surface area contributed by atoms with Crippen LogP contribution >= 0.6 is 15.9 Å². The van der Waals surface area contributed by atoms with Gasteiger partial charge in [-0.2, -0.15) is 4.58 Å². The molecule has 0 unspecified atom stereocenters. The smallest absolute Gasteiger partial charge is 0.211 e. The standard InChI is InChI=1S/C41H42N2O4S.C35H30N2O4S.C3H7Br/c1-7-23-42(40-27(3)13-11-14-28(40)4)31-19-21-33-36(25-31)47-37-26-32(43(24-8-2)41-29(5)15-12-16-30(41)6)20-22-34(37)39(33)35-17-9-10-18-38(35)48(44,45)46;1-21-9-7-10-22(2)34(21)36-25-15-17-27-30(19-25)41-31-20-26(37-35-23(3)11-8-12-24(35)4)16-18-28(31)33(27)29-13-5-6-14-32(29)42(38,39)40;1-2-3-4/h9-22,25-26H,7-8,23-24H2,1-6H3;5-20,36H,1-4H3,(H,38,39,40);2-3H2,1H3. The average Bonchev–Trinajstić information content (AvgIpc) is 0.749. The van der Waals surface area contributed by atoms with E-state index in [0.29, 0.717) is 55.9 Å². The molecule has 2 N–H and O–H groups in total. The van der Waals surface area contributed by atoms with Crippen LogP contribution in [0.3, 0.4) is 0 Å². The molecule has 0 bridgehead atoms. The Labute approximate surface area is 561 Å². The van der Waals surface area contributed by atoms with Gasteiger partial charge in [-0.25, -0.2) is 21.8 Å². The monoisotopic (exact) mass is 1350 g/mol. The van der Waals surface area contributed by atoms with Gasteiger partial charge in [0.25, 0.3) is 0 Å². The maximum absolute atomic E-state index is 12.6. The van der Waals surface area contributed by atoms with Gasteiger partial charge in [-0.05, 0) is 139 Å². The molecule has 0 saturated carbocycles. The summed E-state index contributed by atoms with van der Waals surface area (Å²) >= 11 is 3.25. The van der Waals surface area contributed by atoms with Gasteiger partial charge in [-0.3, -0.25) is 0 Å². The highest BCUT2D eigenvalue weighted by atomic mass is 79.9. The average molecular weight is 1360 g/mol. The molecule has 482 valence electrons. The Balaban J connectivity index is 0.000000196. The molecule has 0 spiro atoms. The Hall–Kier alpha value is -8.96. The third kappa shape index (κ3) is 14.5. The lowest BCUT2D eigenvalue weighted by Gasteiger charge is -2.28. The number of anilines is 4. The minimum absolute atomic E-state index is 0.252. The van der Waals surface area contributed by atoms with Crippen LogP contribution in [0.1, 0.15) is 84.5 Å². The van der Waals surface area contributed by atoms with Gasteiger partial charge in [0, 0.05) is 132 Å². The van der Waals surface area contributed by atoms with Crippen LogP contribution in [0, 0.1) is 55.4 Å². The molecule has 94 heavy (non-hydrogen) atoms. The van der Waals surface area contributed by atoms with E-state index < -0.39 is 20.2 Å². The Morgan fingerprint density at radius 1 is 0.489 bits per heavy atom. The second kappa shape index (κ2) is 29.1. The van der Waals surface area contributed by atoms with Gasteiger partial charge in [0.2, 0.25) is 22.1 Å². The molecule has 2 aliphatic carbocycles. The van der Waals surface area contributed by atoms with Crippen molar-refractivity contribution in [3.8, 4) is 44.9 Å². The van der Waals surface area contributed by atoms with E-state index in [-0.39, 0.29) is 9.79 Å². The third-order valence-corrected chi connectivity index (χ3v) is 19.5. The van der Waals surface area contributed by atoms with E-state index in [2.05, 4.69) is 185 Å².